The molecular weight excluding hydrogens is 422 g/mol. The lowest BCUT2D eigenvalue weighted by Gasteiger charge is -2.17. The number of oxazole rings is 1. The van der Waals surface area contributed by atoms with Gasteiger partial charge in [-0.15, -0.1) is 0 Å². The van der Waals surface area contributed by atoms with Gasteiger partial charge in [-0.3, -0.25) is 9.55 Å². The highest BCUT2D eigenvalue weighted by molar-refractivity contribution is 6.04. The summed E-state index contributed by atoms with van der Waals surface area (Å²) in [4.78, 5) is 17.5. The molecule has 8 nitrogen and oxygen atoms in total. The predicted octanol–water partition coefficient (Wildman–Crippen LogP) is 5.04. The van der Waals surface area contributed by atoms with Crippen LogP contribution in [-0.4, -0.2) is 28.9 Å². The van der Waals surface area contributed by atoms with Crippen LogP contribution >= 0.6 is 0 Å². The fourth-order valence-corrected chi connectivity index (χ4v) is 4.48. The largest absolute Gasteiger partial charge is 0.496 e. The van der Waals surface area contributed by atoms with Crippen molar-refractivity contribution in [3.8, 4) is 22.6 Å². The summed E-state index contributed by atoms with van der Waals surface area (Å²) in [7, 11) is 3.22. The van der Waals surface area contributed by atoms with Crippen LogP contribution in [0.4, 0.5) is 0 Å². The Morgan fingerprint density at radius 3 is 2.52 bits per heavy atom. The number of pyridine rings is 1. The second-order valence-corrected chi connectivity index (χ2v) is 7.90. The summed E-state index contributed by atoms with van der Waals surface area (Å²) in [5, 5.41) is 4.81. The number of nitrogens with zero attached hydrogens (tertiary/aromatic N) is 3. The standard InChI is InChI=1S/C25H23N3O5/c1-13-23(15(3)33-27-13)18-10-19-17(11-21(18)31-5)24-22(12-26-19)32-25(29)28(24)14(2)16-8-6-7-9-20(16)30-4/h6-12,14H,1-5H3/t14-/m1/s1. The molecule has 2 aromatic carbocycles. The van der Waals surface area contributed by atoms with Gasteiger partial charge in [-0.05, 0) is 39.0 Å². The molecule has 0 bridgehead atoms. The molecule has 0 amide bonds. The Balaban J connectivity index is 1.81. The minimum atomic E-state index is -0.466. The first kappa shape index (κ1) is 20.8. The Hall–Kier alpha value is -4.07. The molecule has 33 heavy (non-hydrogen) atoms. The van der Waals surface area contributed by atoms with Crippen LogP contribution < -0.4 is 15.2 Å². The van der Waals surface area contributed by atoms with E-state index in [0.29, 0.717) is 33.9 Å². The average Bonchev–Trinajstić information content (AvgIpc) is 3.35. The third kappa shape index (κ3) is 3.17. The minimum absolute atomic E-state index is 0.339. The molecule has 0 saturated heterocycles. The fourth-order valence-electron chi connectivity index (χ4n) is 4.48. The van der Waals surface area contributed by atoms with Gasteiger partial charge in [-0.25, -0.2) is 4.79 Å². The predicted molar refractivity (Wildman–Crippen MR) is 124 cm³/mol. The first-order valence-corrected chi connectivity index (χ1v) is 10.5. The minimum Gasteiger partial charge on any atom is -0.496 e. The van der Waals surface area contributed by atoms with Crippen molar-refractivity contribution in [3.05, 3.63) is 70.2 Å². The number of methoxy groups -OCH3 is 2. The van der Waals surface area contributed by atoms with Crippen LogP contribution in [0, 0.1) is 13.8 Å². The molecule has 0 aliphatic heterocycles. The van der Waals surface area contributed by atoms with E-state index in [1.807, 2.05) is 57.2 Å². The third-order valence-corrected chi connectivity index (χ3v) is 6.04. The summed E-state index contributed by atoms with van der Waals surface area (Å²) in [6.07, 6.45) is 1.58. The lowest BCUT2D eigenvalue weighted by molar-refractivity contribution is 0.393. The van der Waals surface area contributed by atoms with Gasteiger partial charge in [0.2, 0.25) is 0 Å². The molecule has 0 aliphatic carbocycles. The van der Waals surface area contributed by atoms with Gasteiger partial charge in [0, 0.05) is 16.5 Å². The lowest BCUT2D eigenvalue weighted by Crippen LogP contribution is -2.19. The first-order valence-electron chi connectivity index (χ1n) is 10.5. The monoisotopic (exact) mass is 445 g/mol. The number of fused-ring (bicyclic) bond motifs is 3. The molecule has 5 rings (SSSR count). The molecule has 0 N–H and O–H groups in total. The topological polar surface area (TPSA) is 92.5 Å². The van der Waals surface area contributed by atoms with E-state index < -0.39 is 5.76 Å². The molecule has 0 aliphatic rings. The van der Waals surface area contributed by atoms with E-state index in [1.54, 1.807) is 25.0 Å². The van der Waals surface area contributed by atoms with Crippen LogP contribution in [0.25, 0.3) is 33.1 Å². The van der Waals surface area contributed by atoms with Crippen molar-refractivity contribution >= 4 is 22.0 Å². The molecule has 168 valence electrons. The number of ether oxygens (including phenoxy) is 2. The van der Waals surface area contributed by atoms with Gasteiger partial charge in [0.1, 0.15) is 22.8 Å². The van der Waals surface area contributed by atoms with Crippen LogP contribution in [0.15, 0.2) is 56.3 Å². The zero-order chi connectivity index (χ0) is 23.3. The van der Waals surface area contributed by atoms with Crippen molar-refractivity contribution in [2.24, 2.45) is 0 Å². The summed E-state index contributed by atoms with van der Waals surface area (Å²) in [6, 6.07) is 11.1. The van der Waals surface area contributed by atoms with Gasteiger partial charge in [0.05, 0.1) is 43.2 Å². The van der Waals surface area contributed by atoms with Gasteiger partial charge >= 0.3 is 5.76 Å². The van der Waals surface area contributed by atoms with Crippen LogP contribution in [0.2, 0.25) is 0 Å². The molecule has 3 heterocycles. The van der Waals surface area contributed by atoms with Crippen LogP contribution in [-0.2, 0) is 0 Å². The number of para-hydroxylation sites is 1. The van der Waals surface area contributed by atoms with Gasteiger partial charge in [0.25, 0.3) is 0 Å². The maximum absolute atomic E-state index is 13.0. The number of aryl methyl sites for hydroxylation is 2. The number of aromatic nitrogens is 3. The molecule has 5 aromatic rings. The maximum atomic E-state index is 13.0. The fraction of sp³-hybridized carbons (Fsp3) is 0.240. The van der Waals surface area contributed by atoms with Crippen molar-refractivity contribution in [1.29, 1.82) is 0 Å². The van der Waals surface area contributed by atoms with Gasteiger partial charge in [-0.1, -0.05) is 23.4 Å². The Labute approximate surface area is 189 Å². The van der Waals surface area contributed by atoms with E-state index in [4.69, 9.17) is 18.4 Å². The molecular formula is C25H23N3O5. The first-order chi connectivity index (χ1) is 15.9. The third-order valence-electron chi connectivity index (χ3n) is 6.04. The number of rotatable bonds is 5. The van der Waals surface area contributed by atoms with Crippen molar-refractivity contribution < 1.29 is 18.4 Å². The summed E-state index contributed by atoms with van der Waals surface area (Å²) in [6.45, 7) is 5.68. The van der Waals surface area contributed by atoms with Gasteiger partial charge in [0.15, 0.2) is 5.58 Å². The van der Waals surface area contributed by atoms with Crippen LogP contribution in [0.1, 0.15) is 30.0 Å². The van der Waals surface area contributed by atoms with Crippen molar-refractivity contribution in [2.45, 2.75) is 26.8 Å². The molecule has 0 saturated carbocycles. The maximum Gasteiger partial charge on any atom is 0.420 e. The molecule has 3 aromatic heterocycles. The van der Waals surface area contributed by atoms with E-state index >= 15 is 0 Å². The molecule has 0 fully saturated rings. The Kier molecular flexibility index (Phi) is 4.92. The van der Waals surface area contributed by atoms with Crippen LogP contribution in [0.3, 0.4) is 0 Å². The highest BCUT2D eigenvalue weighted by Crippen LogP contribution is 2.39. The number of hydrogen-bond acceptors (Lipinski definition) is 7. The van der Waals surface area contributed by atoms with Crippen molar-refractivity contribution in [1.82, 2.24) is 14.7 Å². The van der Waals surface area contributed by atoms with Crippen molar-refractivity contribution in [3.63, 3.8) is 0 Å². The van der Waals surface area contributed by atoms with Gasteiger partial charge < -0.3 is 18.4 Å². The number of hydrogen-bond donors (Lipinski definition) is 0. The summed E-state index contributed by atoms with van der Waals surface area (Å²) in [5.74, 6) is 1.54. The molecule has 1 atom stereocenters. The second kappa shape index (κ2) is 7.81. The normalized spacial score (nSPS) is 12.4. The summed E-state index contributed by atoms with van der Waals surface area (Å²) in [5.41, 5.74) is 5.06. The Morgan fingerprint density at radius 1 is 1.06 bits per heavy atom. The second-order valence-electron chi connectivity index (χ2n) is 7.90. The molecule has 0 radical (unpaired) electrons. The molecule has 8 heteroatoms. The number of benzene rings is 2. The Morgan fingerprint density at radius 2 is 1.82 bits per heavy atom. The average molecular weight is 445 g/mol. The zero-order valence-corrected chi connectivity index (χ0v) is 19.0. The highest BCUT2D eigenvalue weighted by Gasteiger charge is 2.24. The van der Waals surface area contributed by atoms with Crippen molar-refractivity contribution in [2.75, 3.05) is 14.2 Å². The van der Waals surface area contributed by atoms with E-state index in [-0.39, 0.29) is 6.04 Å². The van der Waals surface area contributed by atoms with E-state index in [0.717, 1.165) is 27.8 Å². The van der Waals surface area contributed by atoms with Gasteiger partial charge in [-0.2, -0.15) is 0 Å². The zero-order valence-electron chi connectivity index (χ0n) is 19.0. The Bertz CT molecular complexity index is 1540. The summed E-state index contributed by atoms with van der Waals surface area (Å²) >= 11 is 0. The van der Waals surface area contributed by atoms with Crippen LogP contribution in [0.5, 0.6) is 11.5 Å². The SMILES string of the molecule is COc1cc2c(cc1-c1c(C)noc1C)ncc1oc(=O)n([C@H](C)c3ccccc3OC)c12. The molecule has 0 unspecified atom stereocenters. The molecule has 0 spiro atoms. The highest BCUT2D eigenvalue weighted by atomic mass is 16.5. The van der Waals surface area contributed by atoms with E-state index in [1.165, 1.54) is 0 Å². The quantitative estimate of drug-likeness (QED) is 0.374. The smallest absolute Gasteiger partial charge is 0.420 e. The van der Waals surface area contributed by atoms with E-state index in [2.05, 4.69) is 10.1 Å². The summed E-state index contributed by atoms with van der Waals surface area (Å²) < 4.78 is 23.8. The van der Waals surface area contributed by atoms with E-state index in [9.17, 15) is 4.79 Å². The lowest BCUT2D eigenvalue weighted by atomic mass is 10.00.